The van der Waals surface area contributed by atoms with Crippen LogP contribution in [0.25, 0.3) is 0 Å². The summed E-state index contributed by atoms with van der Waals surface area (Å²) in [4.78, 5) is 10.2. The molecule has 0 bridgehead atoms. The van der Waals surface area contributed by atoms with Gasteiger partial charge >= 0.3 is 11.9 Å². The van der Waals surface area contributed by atoms with Gasteiger partial charge in [0, 0.05) is 10.0 Å². The number of alkyl halides is 2. The Morgan fingerprint density at radius 1 is 1.25 bits per heavy atom. The highest BCUT2D eigenvalue weighted by Gasteiger charge is 2.47. The van der Waals surface area contributed by atoms with Crippen LogP contribution in [0, 0.1) is 0 Å². The predicted octanol–water partition coefficient (Wildman–Crippen LogP) is 2.75. The van der Waals surface area contributed by atoms with Gasteiger partial charge in [-0.1, -0.05) is 23.2 Å². The SMILES string of the molecule is O=C(O)C(F)(F)C(O)c1cc(Cl)cc(Cl)c1. The minimum absolute atomic E-state index is 0.0303. The van der Waals surface area contributed by atoms with Gasteiger partial charge in [0.2, 0.25) is 0 Å². The molecule has 16 heavy (non-hydrogen) atoms. The van der Waals surface area contributed by atoms with E-state index in [4.69, 9.17) is 28.3 Å². The maximum absolute atomic E-state index is 13.0. The van der Waals surface area contributed by atoms with Gasteiger partial charge in [0.1, 0.15) is 0 Å². The third kappa shape index (κ3) is 2.61. The standard InChI is InChI=1S/C9H6Cl2F2O3/c10-5-1-4(2-6(11)3-5)7(14)9(12,13)8(15)16/h1-3,7,14H,(H,15,16). The Kier molecular flexibility index (Phi) is 3.72. The van der Waals surface area contributed by atoms with Gasteiger partial charge in [-0.15, -0.1) is 0 Å². The van der Waals surface area contributed by atoms with E-state index in [0.29, 0.717) is 0 Å². The maximum atomic E-state index is 13.0. The molecular formula is C9H6Cl2F2O3. The minimum atomic E-state index is -4.30. The molecule has 0 aliphatic rings. The van der Waals surface area contributed by atoms with E-state index in [0.717, 1.165) is 12.1 Å². The van der Waals surface area contributed by atoms with Gasteiger partial charge < -0.3 is 10.2 Å². The fourth-order valence-corrected chi connectivity index (χ4v) is 1.60. The fraction of sp³-hybridized carbons (Fsp3) is 0.222. The summed E-state index contributed by atoms with van der Waals surface area (Å²) in [6.07, 6.45) is -2.50. The lowest BCUT2D eigenvalue weighted by Gasteiger charge is -2.18. The second-order valence-corrected chi connectivity index (χ2v) is 3.91. The number of carboxylic acid groups (broad SMARTS) is 1. The van der Waals surface area contributed by atoms with Crippen molar-refractivity contribution in [3.63, 3.8) is 0 Å². The highest BCUT2D eigenvalue weighted by atomic mass is 35.5. The molecule has 1 unspecified atom stereocenters. The van der Waals surface area contributed by atoms with Gasteiger partial charge in [-0.3, -0.25) is 0 Å². The largest absolute Gasteiger partial charge is 0.477 e. The molecule has 1 aromatic rings. The van der Waals surface area contributed by atoms with E-state index in [9.17, 15) is 18.7 Å². The van der Waals surface area contributed by atoms with Gasteiger partial charge in [-0.25, -0.2) is 4.79 Å². The summed E-state index contributed by atoms with van der Waals surface area (Å²) in [6.45, 7) is 0. The van der Waals surface area contributed by atoms with Crippen molar-refractivity contribution in [2.24, 2.45) is 0 Å². The fourth-order valence-electron chi connectivity index (χ4n) is 1.06. The molecule has 0 heterocycles. The molecule has 3 nitrogen and oxygen atoms in total. The first-order valence-corrected chi connectivity index (χ1v) is 4.76. The summed E-state index contributed by atoms with van der Waals surface area (Å²) in [5.41, 5.74) is -0.357. The number of hydrogen-bond acceptors (Lipinski definition) is 2. The molecule has 7 heteroatoms. The first-order chi connectivity index (χ1) is 7.25. The third-order valence-corrected chi connectivity index (χ3v) is 2.27. The molecule has 2 N–H and O–H groups in total. The Hall–Kier alpha value is -0.910. The summed E-state index contributed by atoms with van der Waals surface area (Å²) >= 11 is 11.1. The van der Waals surface area contributed by atoms with Crippen LogP contribution >= 0.6 is 23.2 Å². The van der Waals surface area contributed by atoms with Crippen molar-refractivity contribution >= 4 is 29.2 Å². The van der Waals surface area contributed by atoms with Crippen LogP contribution in [0.3, 0.4) is 0 Å². The number of benzene rings is 1. The monoisotopic (exact) mass is 270 g/mol. The van der Waals surface area contributed by atoms with Crippen molar-refractivity contribution < 1.29 is 23.8 Å². The molecule has 0 aliphatic heterocycles. The lowest BCUT2D eigenvalue weighted by Crippen LogP contribution is -2.35. The lowest BCUT2D eigenvalue weighted by atomic mass is 10.0. The molecule has 0 saturated heterocycles. The second kappa shape index (κ2) is 4.53. The highest BCUT2D eigenvalue weighted by molar-refractivity contribution is 6.34. The number of aliphatic hydroxyl groups excluding tert-OH is 1. The summed E-state index contributed by atoms with van der Waals surface area (Å²) in [6, 6.07) is 3.32. The van der Waals surface area contributed by atoms with Crippen LogP contribution in [-0.4, -0.2) is 22.1 Å². The molecule has 0 aromatic heterocycles. The van der Waals surface area contributed by atoms with Crippen LogP contribution in [0.15, 0.2) is 18.2 Å². The number of halogens is 4. The summed E-state index contributed by atoms with van der Waals surface area (Å²) in [5.74, 6) is -6.72. The van der Waals surface area contributed by atoms with E-state index in [-0.39, 0.29) is 15.6 Å². The third-order valence-electron chi connectivity index (χ3n) is 1.83. The molecule has 0 radical (unpaired) electrons. The van der Waals surface area contributed by atoms with Crippen molar-refractivity contribution in [2.75, 3.05) is 0 Å². The van der Waals surface area contributed by atoms with Crippen LogP contribution in [0.2, 0.25) is 10.0 Å². The van der Waals surface area contributed by atoms with Crippen molar-refractivity contribution in [1.82, 2.24) is 0 Å². The molecular weight excluding hydrogens is 265 g/mol. The van der Waals surface area contributed by atoms with E-state index in [2.05, 4.69) is 0 Å². The first kappa shape index (κ1) is 13.2. The van der Waals surface area contributed by atoms with E-state index >= 15 is 0 Å². The number of aliphatic hydroxyl groups is 1. The quantitative estimate of drug-likeness (QED) is 0.888. The van der Waals surface area contributed by atoms with Crippen LogP contribution in [0.4, 0.5) is 8.78 Å². The highest BCUT2D eigenvalue weighted by Crippen LogP contribution is 2.34. The Morgan fingerprint density at radius 2 is 1.69 bits per heavy atom. The number of rotatable bonds is 3. The Morgan fingerprint density at radius 3 is 2.06 bits per heavy atom. The lowest BCUT2D eigenvalue weighted by molar-refractivity contribution is -0.182. The molecule has 1 aromatic carbocycles. The van der Waals surface area contributed by atoms with Gasteiger partial charge in [-0.05, 0) is 23.8 Å². The summed E-state index contributed by atoms with van der Waals surface area (Å²) < 4.78 is 25.9. The molecule has 1 rings (SSSR count). The zero-order chi connectivity index (χ0) is 12.5. The molecule has 0 spiro atoms. The van der Waals surface area contributed by atoms with Crippen LogP contribution in [0.1, 0.15) is 11.7 Å². The van der Waals surface area contributed by atoms with Crippen molar-refractivity contribution in [3.05, 3.63) is 33.8 Å². The average molecular weight is 271 g/mol. The first-order valence-electron chi connectivity index (χ1n) is 4.00. The zero-order valence-corrected chi connectivity index (χ0v) is 9.14. The number of aliphatic carboxylic acids is 1. The van der Waals surface area contributed by atoms with Crippen LogP contribution in [0.5, 0.6) is 0 Å². The normalized spacial score (nSPS) is 13.6. The number of carboxylic acids is 1. The topological polar surface area (TPSA) is 57.5 Å². The van der Waals surface area contributed by atoms with E-state index in [1.165, 1.54) is 6.07 Å². The summed E-state index contributed by atoms with van der Waals surface area (Å²) in [5, 5.41) is 17.5. The zero-order valence-electron chi connectivity index (χ0n) is 7.62. The molecule has 0 aliphatic carbocycles. The van der Waals surface area contributed by atoms with Crippen LogP contribution in [-0.2, 0) is 4.79 Å². The smallest absolute Gasteiger partial charge is 0.377 e. The molecule has 0 saturated carbocycles. The number of carbonyl (C=O) groups is 1. The van der Waals surface area contributed by atoms with Gasteiger partial charge in [-0.2, -0.15) is 8.78 Å². The van der Waals surface area contributed by atoms with Crippen molar-refractivity contribution in [2.45, 2.75) is 12.0 Å². The predicted molar refractivity (Wildman–Crippen MR) is 54.0 cm³/mol. The van der Waals surface area contributed by atoms with E-state index in [1.807, 2.05) is 0 Å². The van der Waals surface area contributed by atoms with E-state index < -0.39 is 18.0 Å². The molecule has 88 valence electrons. The minimum Gasteiger partial charge on any atom is -0.477 e. The van der Waals surface area contributed by atoms with Crippen molar-refractivity contribution in [1.29, 1.82) is 0 Å². The molecule has 0 amide bonds. The van der Waals surface area contributed by atoms with Gasteiger partial charge in [0.25, 0.3) is 0 Å². The summed E-state index contributed by atoms with van der Waals surface area (Å²) in [7, 11) is 0. The number of hydrogen-bond donors (Lipinski definition) is 2. The van der Waals surface area contributed by atoms with Gasteiger partial charge in [0.15, 0.2) is 6.10 Å². The maximum Gasteiger partial charge on any atom is 0.377 e. The molecule has 1 atom stereocenters. The van der Waals surface area contributed by atoms with Crippen LogP contribution < -0.4 is 0 Å². The van der Waals surface area contributed by atoms with Crippen molar-refractivity contribution in [3.8, 4) is 0 Å². The Balaban J connectivity index is 3.14. The van der Waals surface area contributed by atoms with E-state index in [1.54, 1.807) is 0 Å². The average Bonchev–Trinajstić information content (AvgIpc) is 2.14. The Labute approximate surface area is 99.2 Å². The Bertz CT molecular complexity index is 403. The second-order valence-electron chi connectivity index (χ2n) is 3.03. The molecule has 0 fully saturated rings. The van der Waals surface area contributed by atoms with Gasteiger partial charge in [0.05, 0.1) is 0 Å².